The summed E-state index contributed by atoms with van der Waals surface area (Å²) in [6.07, 6.45) is 4.22. The number of hydrogen-bond donors (Lipinski definition) is 1. The molecule has 114 valence electrons. The number of anilines is 1. The van der Waals surface area contributed by atoms with E-state index in [2.05, 4.69) is 27.4 Å². The number of aromatic nitrogens is 2. The monoisotopic (exact) mass is 314 g/mol. The quantitative estimate of drug-likeness (QED) is 0.859. The lowest BCUT2D eigenvalue weighted by molar-refractivity contribution is -0.127. The largest absolute Gasteiger partial charge is 0.357 e. The van der Waals surface area contributed by atoms with E-state index in [0.717, 1.165) is 23.7 Å². The molecule has 1 unspecified atom stereocenters. The molecule has 0 radical (unpaired) electrons. The van der Waals surface area contributed by atoms with Gasteiger partial charge in [0, 0.05) is 19.3 Å². The molecule has 0 bridgehead atoms. The maximum atomic E-state index is 11.9. The van der Waals surface area contributed by atoms with Crippen molar-refractivity contribution in [3.63, 3.8) is 0 Å². The average molecular weight is 314 g/mol. The number of carbonyl (C=O) groups is 1. The Bertz CT molecular complexity index is 650. The number of benzene rings is 1. The second-order valence-corrected chi connectivity index (χ2v) is 6.26. The van der Waals surface area contributed by atoms with Crippen molar-refractivity contribution in [3.05, 3.63) is 48.3 Å². The van der Waals surface area contributed by atoms with Crippen molar-refractivity contribution in [1.29, 1.82) is 0 Å². The van der Waals surface area contributed by atoms with Gasteiger partial charge < -0.3 is 10.2 Å². The third-order valence-electron chi connectivity index (χ3n) is 3.59. The minimum absolute atomic E-state index is 0.115. The first kappa shape index (κ1) is 14.8. The third-order valence-corrected chi connectivity index (χ3v) is 4.56. The van der Waals surface area contributed by atoms with Crippen molar-refractivity contribution >= 4 is 23.5 Å². The lowest BCUT2D eigenvalue weighted by Gasteiger charge is -2.13. The average Bonchev–Trinajstić information content (AvgIpc) is 2.86. The number of likely N-dealkylation sites (N-methyl/N-ethyl adjacent to an activating group) is 1. The summed E-state index contributed by atoms with van der Waals surface area (Å²) in [4.78, 5) is 22.4. The topological polar surface area (TPSA) is 58.1 Å². The molecule has 3 rings (SSSR count). The zero-order chi connectivity index (χ0) is 15.4. The highest BCUT2D eigenvalue weighted by Crippen LogP contribution is 2.22. The van der Waals surface area contributed by atoms with Crippen LogP contribution in [0.3, 0.4) is 0 Å². The van der Waals surface area contributed by atoms with E-state index in [4.69, 9.17) is 0 Å². The van der Waals surface area contributed by atoms with Gasteiger partial charge in [-0.2, -0.15) is 0 Å². The van der Waals surface area contributed by atoms with Gasteiger partial charge in [0.2, 0.25) is 5.91 Å². The van der Waals surface area contributed by atoms with Crippen LogP contribution in [-0.4, -0.2) is 40.4 Å². The number of thioether (sulfide) groups is 1. The molecule has 1 aliphatic rings. The van der Waals surface area contributed by atoms with E-state index in [1.807, 2.05) is 25.2 Å². The highest BCUT2D eigenvalue weighted by atomic mass is 32.2. The molecule has 1 aromatic carbocycles. The Balaban J connectivity index is 1.61. The first-order chi connectivity index (χ1) is 10.7. The van der Waals surface area contributed by atoms with Gasteiger partial charge in [0.25, 0.3) is 0 Å². The fourth-order valence-electron chi connectivity index (χ4n) is 2.35. The number of amides is 1. The lowest BCUT2D eigenvalue weighted by atomic mass is 10.2. The predicted molar refractivity (Wildman–Crippen MR) is 87.7 cm³/mol. The highest BCUT2D eigenvalue weighted by molar-refractivity contribution is 7.98. The van der Waals surface area contributed by atoms with E-state index in [-0.39, 0.29) is 11.9 Å². The Hall–Kier alpha value is -2.08. The number of rotatable bonds is 5. The van der Waals surface area contributed by atoms with Crippen LogP contribution in [0.4, 0.5) is 5.82 Å². The van der Waals surface area contributed by atoms with E-state index in [1.54, 1.807) is 29.1 Å². The SMILES string of the molecule is CN1CCC(Nc2cncc(SCc3ccccc3)n2)C1=O. The van der Waals surface area contributed by atoms with Gasteiger partial charge in [0.05, 0.1) is 12.4 Å². The van der Waals surface area contributed by atoms with Gasteiger partial charge in [-0.05, 0) is 12.0 Å². The zero-order valence-corrected chi connectivity index (χ0v) is 13.2. The van der Waals surface area contributed by atoms with Gasteiger partial charge in [-0.25, -0.2) is 4.98 Å². The van der Waals surface area contributed by atoms with Crippen molar-refractivity contribution in [2.75, 3.05) is 18.9 Å². The molecule has 22 heavy (non-hydrogen) atoms. The van der Waals surface area contributed by atoms with Crippen molar-refractivity contribution in [2.45, 2.75) is 23.2 Å². The Morgan fingerprint density at radius 1 is 1.32 bits per heavy atom. The fraction of sp³-hybridized carbons (Fsp3) is 0.312. The Morgan fingerprint density at radius 3 is 2.86 bits per heavy atom. The molecule has 5 nitrogen and oxygen atoms in total. The van der Waals surface area contributed by atoms with E-state index in [9.17, 15) is 4.79 Å². The number of carbonyl (C=O) groups excluding carboxylic acids is 1. The van der Waals surface area contributed by atoms with E-state index in [0.29, 0.717) is 5.82 Å². The Labute approximate surface area is 134 Å². The third kappa shape index (κ3) is 3.57. The molecule has 0 spiro atoms. The Kier molecular flexibility index (Phi) is 4.58. The van der Waals surface area contributed by atoms with Crippen LogP contribution in [0.15, 0.2) is 47.8 Å². The molecule has 1 amide bonds. The van der Waals surface area contributed by atoms with Crippen LogP contribution in [-0.2, 0) is 10.5 Å². The first-order valence-electron chi connectivity index (χ1n) is 7.22. The molecule has 1 N–H and O–H groups in total. The summed E-state index contributed by atoms with van der Waals surface area (Å²) in [7, 11) is 1.82. The molecular weight excluding hydrogens is 296 g/mol. The van der Waals surface area contributed by atoms with Gasteiger partial charge in [-0.1, -0.05) is 30.3 Å². The van der Waals surface area contributed by atoms with Gasteiger partial charge in [-0.15, -0.1) is 11.8 Å². The van der Waals surface area contributed by atoms with Gasteiger partial charge >= 0.3 is 0 Å². The molecule has 2 heterocycles. The van der Waals surface area contributed by atoms with Crippen LogP contribution >= 0.6 is 11.8 Å². The van der Waals surface area contributed by atoms with Crippen LogP contribution in [0.5, 0.6) is 0 Å². The van der Waals surface area contributed by atoms with Crippen molar-refractivity contribution in [1.82, 2.24) is 14.9 Å². The summed E-state index contributed by atoms with van der Waals surface area (Å²) in [6, 6.07) is 10.1. The normalized spacial score (nSPS) is 17.8. The number of nitrogens with one attached hydrogen (secondary N) is 1. The summed E-state index contributed by atoms with van der Waals surface area (Å²) in [5, 5.41) is 4.04. The van der Waals surface area contributed by atoms with E-state index in [1.165, 1.54) is 5.56 Å². The molecule has 1 aromatic heterocycles. The molecular formula is C16H18N4OS. The molecule has 0 saturated carbocycles. The number of likely N-dealkylation sites (tertiary alicyclic amines) is 1. The minimum Gasteiger partial charge on any atom is -0.357 e. The standard InChI is InChI=1S/C16H18N4OS/c1-20-8-7-13(16(20)21)18-14-9-17-10-15(19-14)22-11-12-5-3-2-4-6-12/h2-6,9-10,13H,7-8,11H2,1H3,(H,18,19). The van der Waals surface area contributed by atoms with Crippen molar-refractivity contribution in [3.8, 4) is 0 Å². The zero-order valence-electron chi connectivity index (χ0n) is 12.4. The maximum Gasteiger partial charge on any atom is 0.244 e. The van der Waals surface area contributed by atoms with Crippen LogP contribution in [0.2, 0.25) is 0 Å². The summed E-state index contributed by atoms with van der Waals surface area (Å²) in [5.41, 5.74) is 1.25. The Morgan fingerprint density at radius 2 is 2.14 bits per heavy atom. The van der Waals surface area contributed by atoms with Crippen LogP contribution < -0.4 is 5.32 Å². The van der Waals surface area contributed by atoms with Gasteiger partial charge in [-0.3, -0.25) is 9.78 Å². The number of nitrogens with zero attached hydrogens (tertiary/aromatic N) is 3. The first-order valence-corrected chi connectivity index (χ1v) is 8.21. The smallest absolute Gasteiger partial charge is 0.244 e. The van der Waals surface area contributed by atoms with Crippen LogP contribution in [0.1, 0.15) is 12.0 Å². The van der Waals surface area contributed by atoms with Gasteiger partial charge in [0.15, 0.2) is 0 Å². The lowest BCUT2D eigenvalue weighted by Crippen LogP contribution is -2.31. The summed E-state index contributed by atoms with van der Waals surface area (Å²) in [5.74, 6) is 1.63. The molecule has 6 heteroatoms. The van der Waals surface area contributed by atoms with Gasteiger partial charge in [0.1, 0.15) is 16.9 Å². The molecule has 1 saturated heterocycles. The van der Waals surface area contributed by atoms with Crippen LogP contribution in [0, 0.1) is 0 Å². The summed E-state index contributed by atoms with van der Waals surface area (Å²) >= 11 is 1.64. The van der Waals surface area contributed by atoms with E-state index >= 15 is 0 Å². The molecule has 0 aliphatic carbocycles. The predicted octanol–water partition coefficient (Wildman–Crippen LogP) is 2.41. The minimum atomic E-state index is -0.186. The van der Waals surface area contributed by atoms with Crippen LogP contribution in [0.25, 0.3) is 0 Å². The van der Waals surface area contributed by atoms with Crippen molar-refractivity contribution in [2.24, 2.45) is 0 Å². The summed E-state index contributed by atoms with van der Waals surface area (Å²) in [6.45, 7) is 0.784. The fourth-order valence-corrected chi connectivity index (χ4v) is 3.16. The molecule has 1 aliphatic heterocycles. The van der Waals surface area contributed by atoms with E-state index < -0.39 is 0 Å². The number of hydrogen-bond acceptors (Lipinski definition) is 5. The molecule has 1 atom stereocenters. The summed E-state index contributed by atoms with van der Waals surface area (Å²) < 4.78 is 0. The maximum absolute atomic E-state index is 11.9. The molecule has 1 fully saturated rings. The highest BCUT2D eigenvalue weighted by Gasteiger charge is 2.29. The molecule has 2 aromatic rings. The second kappa shape index (κ2) is 6.79. The van der Waals surface area contributed by atoms with Crippen molar-refractivity contribution < 1.29 is 4.79 Å². The second-order valence-electron chi connectivity index (χ2n) is 5.26.